The zero-order valence-electron chi connectivity index (χ0n) is 14.3. The number of rotatable bonds is 3. The van der Waals surface area contributed by atoms with Gasteiger partial charge in [-0.1, -0.05) is 36.4 Å². The summed E-state index contributed by atoms with van der Waals surface area (Å²) >= 11 is 6.50. The smallest absolute Gasteiger partial charge is 0.251 e. The molecule has 1 N–H and O–H groups in total. The fraction of sp³-hybridized carbons (Fsp3) is 0.0500. The van der Waals surface area contributed by atoms with Crippen molar-refractivity contribution in [3.8, 4) is 6.07 Å². The first-order chi connectivity index (χ1) is 13.6. The third kappa shape index (κ3) is 3.07. The highest BCUT2D eigenvalue weighted by Gasteiger charge is 2.38. The van der Waals surface area contributed by atoms with E-state index in [9.17, 15) is 14.9 Å². The summed E-state index contributed by atoms with van der Waals surface area (Å²) in [7, 11) is 0. The molecule has 136 valence electrons. The van der Waals surface area contributed by atoms with E-state index in [0.717, 1.165) is 10.1 Å². The normalized spacial score (nSPS) is 17.2. The van der Waals surface area contributed by atoms with Crippen LogP contribution >= 0.6 is 23.6 Å². The van der Waals surface area contributed by atoms with Gasteiger partial charge in [0.25, 0.3) is 5.91 Å². The molecule has 1 fully saturated rings. The maximum absolute atomic E-state index is 12.9. The molecular weight excluding hydrogens is 392 g/mol. The van der Waals surface area contributed by atoms with Crippen molar-refractivity contribution >= 4 is 67.5 Å². The number of para-hydroxylation sites is 1. The average molecular weight is 404 g/mol. The number of hydrogen-bond donors (Lipinski definition) is 1. The Morgan fingerprint density at radius 3 is 2.61 bits per heavy atom. The van der Waals surface area contributed by atoms with Crippen LogP contribution in [-0.4, -0.2) is 23.1 Å². The van der Waals surface area contributed by atoms with Gasteiger partial charge in [0.05, 0.1) is 11.3 Å². The Balaban J connectivity index is 1.69. The first-order valence-electron chi connectivity index (χ1n) is 8.30. The number of aliphatic imine (C=N–C) groups is 1. The van der Waals surface area contributed by atoms with Crippen molar-refractivity contribution in [3.05, 3.63) is 60.2 Å². The van der Waals surface area contributed by atoms with E-state index in [2.05, 4.69) is 16.4 Å². The fourth-order valence-electron chi connectivity index (χ4n) is 2.92. The summed E-state index contributed by atoms with van der Waals surface area (Å²) < 4.78 is 0.915. The number of nitrogens with one attached hydrogen (secondary N) is 1. The number of amides is 2. The van der Waals surface area contributed by atoms with Gasteiger partial charge < -0.3 is 5.32 Å². The average Bonchev–Trinajstić information content (AvgIpc) is 3.05. The van der Waals surface area contributed by atoms with Crippen LogP contribution in [0.5, 0.6) is 0 Å². The fourth-order valence-corrected chi connectivity index (χ4v) is 4.22. The predicted molar refractivity (Wildman–Crippen MR) is 113 cm³/mol. The molecule has 1 aliphatic rings. The molecule has 1 saturated heterocycles. The van der Waals surface area contributed by atoms with E-state index in [0.29, 0.717) is 16.3 Å². The summed E-state index contributed by atoms with van der Waals surface area (Å²) in [4.78, 5) is 30.9. The van der Waals surface area contributed by atoms with Crippen molar-refractivity contribution < 1.29 is 9.59 Å². The summed E-state index contributed by atoms with van der Waals surface area (Å²) in [5.41, 5.74) is 0.992. The van der Waals surface area contributed by atoms with Crippen molar-refractivity contribution in [3.63, 3.8) is 0 Å². The van der Waals surface area contributed by atoms with E-state index < -0.39 is 17.7 Å². The highest BCUT2D eigenvalue weighted by molar-refractivity contribution is 7.80. The Kier molecular flexibility index (Phi) is 4.69. The number of nitrogens with zero attached hydrogens (tertiary/aromatic N) is 3. The quantitative estimate of drug-likeness (QED) is 0.411. The second-order valence-corrected chi connectivity index (χ2v) is 7.37. The first-order valence-corrected chi connectivity index (χ1v) is 9.52. The van der Waals surface area contributed by atoms with Crippen molar-refractivity contribution in [2.45, 2.75) is 0 Å². The Morgan fingerprint density at radius 1 is 1.14 bits per heavy atom. The van der Waals surface area contributed by atoms with Gasteiger partial charge in [0.15, 0.2) is 11.0 Å². The molecule has 2 amide bonds. The lowest BCUT2D eigenvalue weighted by Crippen LogP contribution is -2.58. The van der Waals surface area contributed by atoms with Gasteiger partial charge in [0.1, 0.15) is 11.1 Å². The molecular formula is C20H12N4O2S2. The van der Waals surface area contributed by atoms with Crippen LogP contribution in [-0.2, 0) is 9.59 Å². The Hall–Kier alpha value is -3.41. The number of fused-ring (bicyclic) bond motifs is 1. The zero-order chi connectivity index (χ0) is 19.7. The van der Waals surface area contributed by atoms with Gasteiger partial charge in [-0.05, 0) is 30.4 Å². The molecule has 0 aliphatic carbocycles. The lowest BCUT2D eigenvalue weighted by atomic mass is 10.1. The molecule has 1 aromatic heterocycles. The lowest BCUT2D eigenvalue weighted by molar-refractivity contribution is -0.130. The van der Waals surface area contributed by atoms with Crippen LogP contribution in [0.2, 0.25) is 0 Å². The van der Waals surface area contributed by atoms with Gasteiger partial charge >= 0.3 is 0 Å². The summed E-state index contributed by atoms with van der Waals surface area (Å²) in [5, 5.41) is 13.3. The maximum atomic E-state index is 12.9. The Morgan fingerprint density at radius 2 is 1.86 bits per heavy atom. The summed E-state index contributed by atoms with van der Waals surface area (Å²) in [5.74, 6) is -2.16. The van der Waals surface area contributed by atoms with Gasteiger partial charge in [-0.2, -0.15) is 5.26 Å². The minimum atomic E-state index is -1.14. The van der Waals surface area contributed by atoms with Crippen molar-refractivity contribution in [1.82, 2.24) is 5.32 Å². The molecule has 2 aromatic carbocycles. The second-order valence-electron chi connectivity index (χ2n) is 5.95. The van der Waals surface area contributed by atoms with Gasteiger partial charge in [0.2, 0.25) is 5.91 Å². The zero-order valence-corrected chi connectivity index (χ0v) is 16.0. The van der Waals surface area contributed by atoms with Crippen molar-refractivity contribution in [2.24, 2.45) is 10.9 Å². The van der Waals surface area contributed by atoms with Gasteiger partial charge in [-0.15, -0.1) is 11.3 Å². The standard InChI is InChI=1S/C20H12N4O2S2/c21-10-14-13-8-4-5-9-16(13)28-18(14)22-11-15-17(25)23-20(27)24(19(15)26)12-6-2-1-3-7-12/h1-9,11,15H,(H,23,25,27)/b22-11+. The van der Waals surface area contributed by atoms with Gasteiger partial charge in [0, 0.05) is 16.3 Å². The Labute approximate surface area is 169 Å². The minimum Gasteiger partial charge on any atom is -0.301 e. The Bertz CT molecular complexity index is 1180. The molecule has 0 saturated carbocycles. The second kappa shape index (κ2) is 7.31. The first kappa shape index (κ1) is 18.0. The van der Waals surface area contributed by atoms with E-state index in [1.165, 1.54) is 22.5 Å². The summed E-state index contributed by atoms with van der Waals surface area (Å²) in [6, 6.07) is 18.5. The molecule has 0 radical (unpaired) electrons. The molecule has 3 aromatic rings. The van der Waals surface area contributed by atoms with Crippen LogP contribution in [0.4, 0.5) is 10.7 Å². The lowest BCUT2D eigenvalue weighted by Gasteiger charge is -2.30. The van der Waals surface area contributed by atoms with E-state index in [4.69, 9.17) is 12.2 Å². The molecule has 0 spiro atoms. The van der Waals surface area contributed by atoms with Crippen LogP contribution in [0.15, 0.2) is 59.6 Å². The molecule has 1 aliphatic heterocycles. The van der Waals surface area contributed by atoms with E-state index in [-0.39, 0.29) is 5.11 Å². The monoisotopic (exact) mass is 404 g/mol. The highest BCUT2D eigenvalue weighted by Crippen LogP contribution is 2.37. The summed E-state index contributed by atoms with van der Waals surface area (Å²) in [6.45, 7) is 0. The number of nitriles is 1. The van der Waals surface area contributed by atoms with Crippen molar-refractivity contribution in [2.75, 3.05) is 4.90 Å². The van der Waals surface area contributed by atoms with Crippen LogP contribution in [0, 0.1) is 17.2 Å². The number of carbonyl (C=O) groups is 2. The number of carbonyl (C=O) groups excluding carboxylic acids is 2. The molecule has 6 nitrogen and oxygen atoms in total. The van der Waals surface area contributed by atoms with Crippen LogP contribution in [0.25, 0.3) is 10.1 Å². The summed E-state index contributed by atoms with van der Waals surface area (Å²) in [6.07, 6.45) is 1.28. The number of thiophene rings is 1. The van der Waals surface area contributed by atoms with Crippen molar-refractivity contribution in [1.29, 1.82) is 5.26 Å². The largest absolute Gasteiger partial charge is 0.301 e. The number of anilines is 1. The van der Waals surface area contributed by atoms with E-state index in [1.807, 2.05) is 30.3 Å². The number of benzene rings is 2. The van der Waals surface area contributed by atoms with Crippen LogP contribution in [0.1, 0.15) is 5.56 Å². The molecule has 28 heavy (non-hydrogen) atoms. The molecule has 8 heteroatoms. The van der Waals surface area contributed by atoms with Gasteiger partial charge in [-0.25, -0.2) is 4.99 Å². The van der Waals surface area contributed by atoms with Crippen LogP contribution < -0.4 is 10.2 Å². The van der Waals surface area contributed by atoms with E-state index >= 15 is 0 Å². The van der Waals surface area contributed by atoms with E-state index in [1.54, 1.807) is 24.3 Å². The molecule has 0 bridgehead atoms. The minimum absolute atomic E-state index is 0.0328. The number of hydrogen-bond acceptors (Lipinski definition) is 6. The molecule has 4 rings (SSSR count). The highest BCUT2D eigenvalue weighted by atomic mass is 32.1. The van der Waals surface area contributed by atoms with Gasteiger partial charge in [-0.3, -0.25) is 14.5 Å². The molecule has 2 heterocycles. The predicted octanol–water partition coefficient (Wildman–Crippen LogP) is 3.54. The molecule has 1 unspecified atom stereocenters. The third-order valence-corrected chi connectivity index (χ3v) is 5.61. The third-order valence-electron chi connectivity index (χ3n) is 4.25. The topological polar surface area (TPSA) is 85.6 Å². The SMILES string of the molecule is N#Cc1c(/N=C/C2C(=O)NC(=S)N(c3ccccc3)C2=O)sc2ccccc12. The molecule has 1 atom stereocenters. The number of thiocarbonyl (C=S) groups is 1. The van der Waals surface area contributed by atoms with Crippen LogP contribution in [0.3, 0.4) is 0 Å². The maximum Gasteiger partial charge on any atom is 0.251 e.